The highest BCUT2D eigenvalue weighted by Crippen LogP contribution is 2.65. The zero-order valence-electron chi connectivity index (χ0n) is 23.6. The molecule has 4 rings (SSSR count). The fourth-order valence-electron chi connectivity index (χ4n) is 6.07. The van der Waals surface area contributed by atoms with Crippen molar-refractivity contribution in [3.63, 3.8) is 0 Å². The number of halogens is 2. The van der Waals surface area contributed by atoms with Crippen LogP contribution in [0, 0.1) is 37.0 Å². The number of rotatable bonds is 12. The van der Waals surface area contributed by atoms with Gasteiger partial charge in [0.15, 0.2) is 11.5 Å². The molecule has 39 heavy (non-hydrogen) atoms. The lowest BCUT2D eigenvalue weighted by molar-refractivity contribution is -0.165. The van der Waals surface area contributed by atoms with Crippen LogP contribution < -0.4 is 14.2 Å². The van der Waals surface area contributed by atoms with Crippen LogP contribution >= 0.6 is 31.9 Å². The number of methoxy groups -OCH3 is 1. The molecule has 2 fully saturated rings. The molecule has 8 heteroatoms. The van der Waals surface area contributed by atoms with E-state index in [-0.39, 0.29) is 29.7 Å². The van der Waals surface area contributed by atoms with Gasteiger partial charge in [0.2, 0.25) is 0 Å². The molecule has 2 aromatic rings. The van der Waals surface area contributed by atoms with Gasteiger partial charge in [0.05, 0.1) is 23.1 Å². The summed E-state index contributed by atoms with van der Waals surface area (Å²) in [6.45, 7) is 10.6. The Labute approximate surface area is 248 Å². The number of ether oxygens (including phenoxy) is 4. The Bertz CT molecular complexity index is 1250. The predicted molar refractivity (Wildman–Crippen MR) is 158 cm³/mol. The van der Waals surface area contributed by atoms with Crippen molar-refractivity contribution in [2.24, 2.45) is 23.2 Å². The monoisotopic (exact) mass is 664 g/mol. The van der Waals surface area contributed by atoms with Gasteiger partial charge in [-0.2, -0.15) is 0 Å². The number of benzene rings is 2. The van der Waals surface area contributed by atoms with Crippen LogP contribution in [0.1, 0.15) is 75.1 Å². The topological polar surface area (TPSA) is 71.1 Å². The molecule has 0 amide bonds. The van der Waals surface area contributed by atoms with Gasteiger partial charge in [-0.25, -0.2) is 0 Å². The maximum Gasteiger partial charge on any atom is 0.314 e. The molecule has 2 aromatic carbocycles. The van der Waals surface area contributed by atoms with Gasteiger partial charge in [-0.1, -0.05) is 26.8 Å². The van der Waals surface area contributed by atoms with Crippen LogP contribution in [0.4, 0.5) is 0 Å². The first-order chi connectivity index (χ1) is 18.5. The highest BCUT2D eigenvalue weighted by atomic mass is 79.9. The molecule has 0 aliphatic heterocycles. The van der Waals surface area contributed by atoms with Crippen molar-refractivity contribution in [2.75, 3.05) is 7.11 Å². The molecule has 1 unspecified atom stereocenters. The number of hydrogen-bond donors (Lipinski definition) is 0. The molecule has 212 valence electrons. The summed E-state index contributed by atoms with van der Waals surface area (Å²) in [6.07, 6.45) is 6.45. The summed E-state index contributed by atoms with van der Waals surface area (Å²) in [7, 11) is 1.66. The first-order valence-corrected chi connectivity index (χ1v) is 15.3. The van der Waals surface area contributed by atoms with E-state index in [9.17, 15) is 9.59 Å². The highest BCUT2D eigenvalue weighted by molar-refractivity contribution is 9.11. The molecule has 0 spiro atoms. The third-order valence-electron chi connectivity index (χ3n) is 8.89. The van der Waals surface area contributed by atoms with Gasteiger partial charge in [0, 0.05) is 10.0 Å². The normalized spacial score (nSPS) is 20.4. The van der Waals surface area contributed by atoms with Crippen molar-refractivity contribution < 1.29 is 28.5 Å². The van der Waals surface area contributed by atoms with E-state index >= 15 is 0 Å². The molecule has 0 radical (unpaired) electrons. The SMILES string of the molecule is COc1c(CCC(C)C)ccc(Oc2c(COC=O)c(Br)c(C)c(Br)c2OC(=O)C(C)C23CCC2CC3)c1C. The molecule has 0 bridgehead atoms. The molecule has 0 aromatic heterocycles. The molecular weight excluding hydrogens is 628 g/mol. The van der Waals surface area contributed by atoms with Crippen LogP contribution in [0.3, 0.4) is 0 Å². The second-order valence-corrected chi connectivity index (χ2v) is 12.9. The highest BCUT2D eigenvalue weighted by Gasteiger charge is 2.58. The van der Waals surface area contributed by atoms with E-state index in [1.807, 2.05) is 32.9 Å². The van der Waals surface area contributed by atoms with Crippen LogP contribution in [-0.2, 0) is 27.4 Å². The fraction of sp³-hybridized carbons (Fsp3) is 0.548. The zero-order chi connectivity index (χ0) is 28.5. The van der Waals surface area contributed by atoms with E-state index in [2.05, 4.69) is 45.7 Å². The molecule has 2 aliphatic carbocycles. The van der Waals surface area contributed by atoms with Crippen molar-refractivity contribution in [2.45, 2.75) is 79.8 Å². The molecule has 0 saturated heterocycles. The second kappa shape index (κ2) is 12.2. The third-order valence-corrected chi connectivity index (χ3v) is 10.9. The number of aryl methyl sites for hydroxylation is 1. The van der Waals surface area contributed by atoms with Crippen molar-refractivity contribution in [3.05, 3.63) is 43.3 Å². The summed E-state index contributed by atoms with van der Waals surface area (Å²) in [5, 5.41) is 0. The largest absolute Gasteiger partial charge is 0.496 e. The average molecular weight is 666 g/mol. The minimum Gasteiger partial charge on any atom is -0.496 e. The standard InChI is InChI=1S/C31H38Br2O6/c1-17(2)7-8-21-9-10-24(18(3)27(21)36-6)38-28-23(15-37-16-34)25(32)19(4)26(33)29(28)39-30(35)20(5)31-13-11-22(31)12-14-31/h9-10,16-17,20,22H,7-8,11-15H2,1-6H3. The van der Waals surface area contributed by atoms with Gasteiger partial charge >= 0.3 is 5.97 Å². The Hall–Kier alpha value is -2.06. The quantitative estimate of drug-likeness (QED) is 0.128. The first-order valence-electron chi connectivity index (χ1n) is 13.7. The van der Waals surface area contributed by atoms with Crippen LogP contribution in [0.5, 0.6) is 23.0 Å². The van der Waals surface area contributed by atoms with Crippen molar-refractivity contribution >= 4 is 44.3 Å². The van der Waals surface area contributed by atoms with E-state index in [4.69, 9.17) is 18.9 Å². The Kier molecular flexibility index (Phi) is 9.37. The van der Waals surface area contributed by atoms with Gasteiger partial charge in [0.25, 0.3) is 6.47 Å². The molecular formula is C31H38Br2O6. The van der Waals surface area contributed by atoms with Crippen molar-refractivity contribution in [1.82, 2.24) is 0 Å². The molecule has 2 aliphatic rings. The lowest BCUT2D eigenvalue weighted by Gasteiger charge is -2.61. The number of hydrogen-bond acceptors (Lipinski definition) is 6. The van der Waals surface area contributed by atoms with Gasteiger partial charge < -0.3 is 18.9 Å². The summed E-state index contributed by atoms with van der Waals surface area (Å²) in [5.74, 6) is 2.64. The van der Waals surface area contributed by atoms with Gasteiger partial charge in [-0.15, -0.1) is 0 Å². The van der Waals surface area contributed by atoms with Crippen molar-refractivity contribution in [3.8, 4) is 23.0 Å². The Balaban J connectivity index is 1.75. The number of carbonyl (C=O) groups excluding carboxylic acids is 2. The molecule has 2 saturated carbocycles. The van der Waals surface area contributed by atoms with E-state index < -0.39 is 0 Å². The number of esters is 1. The van der Waals surface area contributed by atoms with Crippen molar-refractivity contribution in [1.29, 1.82) is 0 Å². The number of fused-ring (bicyclic) bond motifs is 1. The lowest BCUT2D eigenvalue weighted by Crippen LogP contribution is -2.55. The fourth-order valence-corrected chi connectivity index (χ4v) is 7.29. The smallest absolute Gasteiger partial charge is 0.314 e. The Morgan fingerprint density at radius 3 is 2.28 bits per heavy atom. The lowest BCUT2D eigenvalue weighted by atomic mass is 9.43. The minimum atomic E-state index is -0.271. The first kappa shape index (κ1) is 29.9. The zero-order valence-corrected chi connectivity index (χ0v) is 26.8. The van der Waals surface area contributed by atoms with Gasteiger partial charge in [0.1, 0.15) is 18.1 Å². The Morgan fingerprint density at radius 1 is 1.05 bits per heavy atom. The molecule has 0 N–H and O–H groups in total. The number of carbonyl (C=O) groups is 2. The van der Waals surface area contributed by atoms with Gasteiger partial charge in [-0.05, 0) is 119 Å². The maximum atomic E-state index is 13.5. The maximum absolute atomic E-state index is 13.5. The van der Waals surface area contributed by atoms with E-state index in [0.29, 0.717) is 44.3 Å². The summed E-state index contributed by atoms with van der Waals surface area (Å²) < 4.78 is 24.9. The van der Waals surface area contributed by atoms with Crippen LogP contribution in [-0.4, -0.2) is 19.6 Å². The second-order valence-electron chi connectivity index (χ2n) is 11.4. The Morgan fingerprint density at radius 2 is 1.74 bits per heavy atom. The van der Waals surface area contributed by atoms with Crippen LogP contribution in [0.15, 0.2) is 21.1 Å². The summed E-state index contributed by atoms with van der Waals surface area (Å²) in [6, 6.07) is 3.93. The van der Waals surface area contributed by atoms with E-state index in [1.165, 1.54) is 12.8 Å². The summed E-state index contributed by atoms with van der Waals surface area (Å²) in [5.41, 5.74) is 3.40. The third kappa shape index (κ3) is 5.61. The summed E-state index contributed by atoms with van der Waals surface area (Å²) in [4.78, 5) is 24.7. The van der Waals surface area contributed by atoms with Crippen LogP contribution in [0.2, 0.25) is 0 Å². The predicted octanol–water partition coefficient (Wildman–Crippen LogP) is 8.62. The van der Waals surface area contributed by atoms with E-state index in [0.717, 1.165) is 48.1 Å². The molecule has 1 atom stereocenters. The minimum absolute atomic E-state index is 0.0533. The molecule has 0 heterocycles. The summed E-state index contributed by atoms with van der Waals surface area (Å²) >= 11 is 7.30. The van der Waals surface area contributed by atoms with Gasteiger partial charge in [-0.3, -0.25) is 9.59 Å². The molecule has 6 nitrogen and oxygen atoms in total. The average Bonchev–Trinajstić information content (AvgIpc) is 2.90. The van der Waals surface area contributed by atoms with Crippen LogP contribution in [0.25, 0.3) is 0 Å². The van der Waals surface area contributed by atoms with E-state index in [1.54, 1.807) is 7.11 Å².